The molecule has 28 heavy (non-hydrogen) atoms. The van der Waals surface area contributed by atoms with Gasteiger partial charge in [-0.2, -0.15) is 0 Å². The average Bonchev–Trinajstić information content (AvgIpc) is 2.66. The molecule has 0 saturated carbocycles. The number of aryl methyl sites for hydroxylation is 2. The lowest BCUT2D eigenvalue weighted by atomic mass is 10.00. The predicted octanol–water partition coefficient (Wildman–Crippen LogP) is 1.81. The first-order valence-corrected chi connectivity index (χ1v) is 9.19. The smallest absolute Gasteiger partial charge is 0.251 e. The number of primary amides is 1. The Labute approximate surface area is 163 Å². The summed E-state index contributed by atoms with van der Waals surface area (Å²) in [6.07, 6.45) is 1.05. The van der Waals surface area contributed by atoms with E-state index in [9.17, 15) is 14.4 Å². The fraction of sp³-hybridized carbons (Fsp3) is 0.333. The third-order valence-corrected chi connectivity index (χ3v) is 5.09. The van der Waals surface area contributed by atoms with Gasteiger partial charge < -0.3 is 16.0 Å². The highest BCUT2D eigenvalue weighted by atomic mass is 16.2. The number of likely N-dealkylation sites (tertiary alicyclic amines) is 1. The Morgan fingerprint density at radius 2 is 2.00 bits per heavy atom. The molecular formula is C21H24N4O3. The van der Waals surface area contributed by atoms with Gasteiger partial charge in [-0.05, 0) is 44.0 Å². The van der Waals surface area contributed by atoms with E-state index < -0.39 is 5.91 Å². The number of hydrogen-bond acceptors (Lipinski definition) is 4. The minimum Gasteiger partial charge on any atom is -0.366 e. The summed E-state index contributed by atoms with van der Waals surface area (Å²) < 4.78 is 0. The van der Waals surface area contributed by atoms with Crippen molar-refractivity contribution < 1.29 is 14.4 Å². The lowest BCUT2D eigenvalue weighted by Crippen LogP contribution is -2.48. The number of nitrogens with two attached hydrogens (primary N) is 1. The maximum Gasteiger partial charge on any atom is 0.251 e. The van der Waals surface area contributed by atoms with Gasteiger partial charge in [-0.3, -0.25) is 19.4 Å². The van der Waals surface area contributed by atoms with Gasteiger partial charge in [0.1, 0.15) is 0 Å². The topological polar surface area (TPSA) is 105 Å². The van der Waals surface area contributed by atoms with Crippen LogP contribution in [0.15, 0.2) is 30.3 Å². The molecule has 3 amide bonds. The van der Waals surface area contributed by atoms with E-state index >= 15 is 0 Å². The molecule has 2 aromatic rings. The Morgan fingerprint density at radius 1 is 1.25 bits per heavy atom. The van der Waals surface area contributed by atoms with Crippen molar-refractivity contribution >= 4 is 17.7 Å². The number of amides is 3. The van der Waals surface area contributed by atoms with Crippen LogP contribution in [0, 0.1) is 13.8 Å². The zero-order valence-corrected chi connectivity index (χ0v) is 16.3. The Morgan fingerprint density at radius 3 is 2.68 bits per heavy atom. The van der Waals surface area contributed by atoms with Crippen molar-refractivity contribution in [3.8, 4) is 11.3 Å². The summed E-state index contributed by atoms with van der Waals surface area (Å²) >= 11 is 0. The first kappa shape index (κ1) is 19.5. The largest absolute Gasteiger partial charge is 0.366 e. The summed E-state index contributed by atoms with van der Waals surface area (Å²) in [6.45, 7) is 4.23. The number of benzene rings is 1. The van der Waals surface area contributed by atoms with Crippen LogP contribution in [0.5, 0.6) is 0 Å². The predicted molar refractivity (Wildman–Crippen MR) is 106 cm³/mol. The van der Waals surface area contributed by atoms with E-state index in [1.165, 1.54) is 0 Å². The summed E-state index contributed by atoms with van der Waals surface area (Å²) in [6, 6.07) is 8.61. The van der Waals surface area contributed by atoms with Crippen molar-refractivity contribution in [2.24, 2.45) is 5.73 Å². The molecule has 7 heteroatoms. The zero-order chi connectivity index (χ0) is 20.4. The SMILES string of the molecule is Cc1cc(C(N)=O)c(-c2cccc(C(=O)N[C@H]3CCC(=O)N(C)C3)c2)nc1C. The maximum atomic E-state index is 12.7. The fourth-order valence-electron chi connectivity index (χ4n) is 3.32. The summed E-state index contributed by atoms with van der Waals surface area (Å²) in [5, 5.41) is 2.98. The van der Waals surface area contributed by atoms with Crippen molar-refractivity contribution in [2.45, 2.75) is 32.7 Å². The van der Waals surface area contributed by atoms with E-state index in [-0.39, 0.29) is 17.9 Å². The minimum atomic E-state index is -0.560. The number of pyridine rings is 1. The molecule has 7 nitrogen and oxygen atoms in total. The van der Waals surface area contributed by atoms with Gasteiger partial charge in [0.15, 0.2) is 0 Å². The number of hydrogen-bond donors (Lipinski definition) is 2. The van der Waals surface area contributed by atoms with Gasteiger partial charge in [0.2, 0.25) is 5.91 Å². The highest BCUT2D eigenvalue weighted by Gasteiger charge is 2.24. The van der Waals surface area contributed by atoms with E-state index in [4.69, 9.17) is 5.73 Å². The lowest BCUT2D eigenvalue weighted by molar-refractivity contribution is -0.132. The summed E-state index contributed by atoms with van der Waals surface area (Å²) in [7, 11) is 1.73. The molecule has 1 atom stereocenters. The Kier molecular flexibility index (Phi) is 5.44. The summed E-state index contributed by atoms with van der Waals surface area (Å²) in [5.74, 6) is -0.693. The molecule has 1 aliphatic rings. The third kappa shape index (κ3) is 4.03. The Hall–Kier alpha value is -3.22. The highest BCUT2D eigenvalue weighted by molar-refractivity contribution is 6.00. The van der Waals surface area contributed by atoms with Crippen LogP contribution in [0.25, 0.3) is 11.3 Å². The third-order valence-electron chi connectivity index (χ3n) is 5.09. The standard InChI is InChI=1S/C21H24N4O3/c1-12-9-17(20(22)27)19(23-13(12)2)14-5-4-6-15(10-14)21(28)24-16-7-8-18(26)25(3)11-16/h4-6,9-10,16H,7-8,11H2,1-3H3,(H2,22,27)(H,24,28)/t16-/m0/s1. The summed E-state index contributed by atoms with van der Waals surface area (Å²) in [5.41, 5.74) is 9.11. The molecule has 1 saturated heterocycles. The van der Waals surface area contributed by atoms with Crippen LogP contribution >= 0.6 is 0 Å². The van der Waals surface area contributed by atoms with Gasteiger partial charge in [0, 0.05) is 42.9 Å². The van der Waals surface area contributed by atoms with Gasteiger partial charge in [0.05, 0.1) is 11.3 Å². The number of piperidine rings is 1. The Bertz CT molecular complexity index is 955. The van der Waals surface area contributed by atoms with E-state index in [1.807, 2.05) is 13.8 Å². The number of nitrogens with one attached hydrogen (secondary N) is 1. The molecule has 3 rings (SSSR count). The highest BCUT2D eigenvalue weighted by Crippen LogP contribution is 2.25. The second-order valence-corrected chi connectivity index (χ2v) is 7.22. The van der Waals surface area contributed by atoms with Crippen molar-refractivity contribution in [1.82, 2.24) is 15.2 Å². The zero-order valence-electron chi connectivity index (χ0n) is 16.3. The average molecular weight is 380 g/mol. The van der Waals surface area contributed by atoms with Gasteiger partial charge in [0.25, 0.3) is 11.8 Å². The molecule has 1 fully saturated rings. The summed E-state index contributed by atoms with van der Waals surface area (Å²) in [4.78, 5) is 42.3. The van der Waals surface area contributed by atoms with Crippen molar-refractivity contribution in [2.75, 3.05) is 13.6 Å². The molecule has 1 aliphatic heterocycles. The molecule has 1 aromatic heterocycles. The van der Waals surface area contributed by atoms with Gasteiger partial charge >= 0.3 is 0 Å². The monoisotopic (exact) mass is 380 g/mol. The van der Waals surface area contributed by atoms with Crippen molar-refractivity contribution in [3.05, 3.63) is 52.7 Å². The normalized spacial score (nSPS) is 16.8. The van der Waals surface area contributed by atoms with Gasteiger partial charge in [-0.1, -0.05) is 12.1 Å². The molecule has 2 heterocycles. The second kappa shape index (κ2) is 7.80. The number of aromatic nitrogens is 1. The number of carbonyl (C=O) groups excluding carboxylic acids is 3. The van der Waals surface area contributed by atoms with Gasteiger partial charge in [-0.25, -0.2) is 0 Å². The quantitative estimate of drug-likeness (QED) is 0.844. The Balaban J connectivity index is 1.87. The van der Waals surface area contributed by atoms with Crippen LogP contribution in [-0.2, 0) is 4.79 Å². The van der Waals surface area contributed by atoms with E-state index in [0.29, 0.717) is 41.8 Å². The van der Waals surface area contributed by atoms with Crippen LogP contribution in [-0.4, -0.2) is 47.2 Å². The van der Waals surface area contributed by atoms with E-state index in [1.54, 1.807) is 42.3 Å². The fourth-order valence-corrected chi connectivity index (χ4v) is 3.32. The molecule has 0 aliphatic carbocycles. The van der Waals surface area contributed by atoms with Crippen LogP contribution in [0.2, 0.25) is 0 Å². The van der Waals surface area contributed by atoms with Crippen LogP contribution in [0.1, 0.15) is 44.8 Å². The number of carbonyl (C=O) groups is 3. The van der Waals surface area contributed by atoms with E-state index in [0.717, 1.165) is 11.3 Å². The molecule has 0 unspecified atom stereocenters. The van der Waals surface area contributed by atoms with Crippen molar-refractivity contribution in [3.63, 3.8) is 0 Å². The second-order valence-electron chi connectivity index (χ2n) is 7.22. The lowest BCUT2D eigenvalue weighted by Gasteiger charge is -2.30. The van der Waals surface area contributed by atoms with E-state index in [2.05, 4.69) is 10.3 Å². The number of likely N-dealkylation sites (N-methyl/N-ethyl adjacent to an activating group) is 1. The van der Waals surface area contributed by atoms with Gasteiger partial charge in [-0.15, -0.1) is 0 Å². The number of nitrogens with zero attached hydrogens (tertiary/aromatic N) is 2. The maximum absolute atomic E-state index is 12.7. The molecule has 0 spiro atoms. The number of rotatable bonds is 4. The molecule has 3 N–H and O–H groups in total. The van der Waals surface area contributed by atoms with Crippen LogP contribution in [0.4, 0.5) is 0 Å². The molecule has 1 aromatic carbocycles. The minimum absolute atomic E-state index is 0.0835. The van der Waals surface area contributed by atoms with Crippen LogP contribution in [0.3, 0.4) is 0 Å². The van der Waals surface area contributed by atoms with Crippen molar-refractivity contribution in [1.29, 1.82) is 0 Å². The molecular weight excluding hydrogens is 356 g/mol. The molecule has 0 bridgehead atoms. The first-order chi connectivity index (χ1) is 13.3. The first-order valence-electron chi connectivity index (χ1n) is 9.19. The van der Waals surface area contributed by atoms with Crippen LogP contribution < -0.4 is 11.1 Å². The molecule has 146 valence electrons. The molecule has 0 radical (unpaired) electrons.